The zero-order valence-corrected chi connectivity index (χ0v) is 18.7. The number of hydrogen-bond donors (Lipinski definition) is 0. The van der Waals surface area contributed by atoms with Gasteiger partial charge in [0.1, 0.15) is 0 Å². The molecule has 0 saturated carbocycles. The molecule has 0 fully saturated rings. The van der Waals surface area contributed by atoms with Gasteiger partial charge in [0.15, 0.2) is 5.65 Å². The quantitative estimate of drug-likeness (QED) is 0.589. The molecular formula is C21H25BrN4O2. The van der Waals surface area contributed by atoms with Crippen LogP contribution < -0.4 is 9.64 Å². The van der Waals surface area contributed by atoms with Gasteiger partial charge in [-0.3, -0.25) is 4.79 Å². The van der Waals surface area contributed by atoms with E-state index in [1.807, 2.05) is 53.1 Å². The van der Waals surface area contributed by atoms with Gasteiger partial charge in [-0.15, -0.1) is 5.10 Å². The third kappa shape index (κ3) is 3.63. The number of ether oxygens (including phenoxy) is 1. The molecule has 148 valence electrons. The molecule has 0 N–H and O–H groups in total. The first-order chi connectivity index (χ1) is 13.2. The van der Waals surface area contributed by atoms with Crippen molar-refractivity contribution in [2.24, 2.45) is 7.05 Å². The second kappa shape index (κ2) is 7.91. The number of benzene rings is 1. The van der Waals surface area contributed by atoms with Crippen LogP contribution in [-0.4, -0.2) is 34.8 Å². The van der Waals surface area contributed by atoms with Crippen LogP contribution >= 0.6 is 15.9 Å². The number of halogens is 1. The number of carbonyl (C=O) groups is 1. The summed E-state index contributed by atoms with van der Waals surface area (Å²) in [4.78, 5) is 19.2. The summed E-state index contributed by atoms with van der Waals surface area (Å²) in [5.41, 5.74) is 5.84. The van der Waals surface area contributed by atoms with Crippen LogP contribution in [0.15, 0.2) is 22.7 Å². The summed E-state index contributed by atoms with van der Waals surface area (Å²) in [6, 6.07) is 5.93. The Bertz CT molecular complexity index is 1060. The summed E-state index contributed by atoms with van der Waals surface area (Å²) in [5, 5.41) is 5.30. The molecule has 0 atom stereocenters. The summed E-state index contributed by atoms with van der Waals surface area (Å²) in [6.45, 7) is 6.03. The maximum atomic E-state index is 12.8. The van der Waals surface area contributed by atoms with E-state index in [0.29, 0.717) is 18.7 Å². The Kier molecular flexibility index (Phi) is 5.74. The van der Waals surface area contributed by atoms with E-state index in [1.165, 1.54) is 0 Å². The van der Waals surface area contributed by atoms with Gasteiger partial charge in [0.05, 0.1) is 12.5 Å². The Morgan fingerprint density at radius 3 is 2.64 bits per heavy atom. The van der Waals surface area contributed by atoms with Crippen LogP contribution in [0.2, 0.25) is 0 Å². The average molecular weight is 445 g/mol. The SMILES string of the molecule is COc1nn(C)c2nc(C)c(CCC(=O)N(C)c3ccc(Br)cc3C)c(C)c12. The monoisotopic (exact) mass is 444 g/mol. The first kappa shape index (κ1) is 20.3. The molecule has 0 unspecified atom stereocenters. The lowest BCUT2D eigenvalue weighted by Gasteiger charge is -2.20. The van der Waals surface area contributed by atoms with Gasteiger partial charge in [0.2, 0.25) is 11.8 Å². The number of methoxy groups -OCH3 is 1. The van der Waals surface area contributed by atoms with E-state index in [2.05, 4.69) is 21.0 Å². The fraction of sp³-hybridized carbons (Fsp3) is 0.381. The molecule has 7 heteroatoms. The Balaban J connectivity index is 1.86. The zero-order valence-electron chi connectivity index (χ0n) is 17.1. The van der Waals surface area contributed by atoms with Crippen molar-refractivity contribution >= 4 is 38.6 Å². The highest BCUT2D eigenvalue weighted by atomic mass is 79.9. The topological polar surface area (TPSA) is 60.2 Å². The minimum absolute atomic E-state index is 0.0717. The molecule has 28 heavy (non-hydrogen) atoms. The molecule has 1 amide bonds. The number of amides is 1. The van der Waals surface area contributed by atoms with Crippen molar-refractivity contribution in [3.63, 3.8) is 0 Å². The number of pyridine rings is 1. The van der Waals surface area contributed by atoms with Gasteiger partial charge in [-0.05, 0) is 62.1 Å². The third-order valence-electron chi connectivity index (χ3n) is 5.20. The molecule has 2 heterocycles. The second-order valence-electron chi connectivity index (χ2n) is 7.02. The van der Waals surface area contributed by atoms with Crippen LogP contribution in [0.4, 0.5) is 5.69 Å². The fourth-order valence-corrected chi connectivity index (χ4v) is 4.11. The molecule has 2 aromatic heterocycles. The van der Waals surface area contributed by atoms with Crippen molar-refractivity contribution < 1.29 is 9.53 Å². The van der Waals surface area contributed by atoms with Crippen LogP contribution in [0.1, 0.15) is 28.8 Å². The molecule has 0 saturated heterocycles. The minimum Gasteiger partial charge on any atom is -0.479 e. The Hall–Kier alpha value is -2.41. The van der Waals surface area contributed by atoms with E-state index in [9.17, 15) is 4.79 Å². The molecule has 0 spiro atoms. The number of nitrogens with zero attached hydrogens (tertiary/aromatic N) is 4. The summed E-state index contributed by atoms with van der Waals surface area (Å²) in [7, 11) is 5.29. The number of anilines is 1. The van der Waals surface area contributed by atoms with Crippen molar-refractivity contribution in [3.8, 4) is 5.88 Å². The number of rotatable bonds is 5. The standard InChI is InChI=1S/C21H25BrN4O2/c1-12-11-15(22)7-9-17(12)25(4)18(27)10-8-16-13(2)19-20(23-14(16)3)26(5)24-21(19)28-6/h7,9,11H,8,10H2,1-6H3. The summed E-state index contributed by atoms with van der Waals surface area (Å²) < 4.78 is 8.15. The van der Waals surface area contributed by atoms with Crippen LogP contribution in [0.25, 0.3) is 11.0 Å². The van der Waals surface area contributed by atoms with E-state index < -0.39 is 0 Å². The van der Waals surface area contributed by atoms with Gasteiger partial charge >= 0.3 is 0 Å². The largest absolute Gasteiger partial charge is 0.479 e. The number of aromatic nitrogens is 3. The van der Waals surface area contributed by atoms with Crippen LogP contribution in [0, 0.1) is 20.8 Å². The van der Waals surface area contributed by atoms with Gasteiger partial charge in [0, 0.05) is 36.4 Å². The van der Waals surface area contributed by atoms with E-state index in [-0.39, 0.29) is 5.91 Å². The Labute approximate surface area is 173 Å². The van der Waals surface area contributed by atoms with E-state index in [4.69, 9.17) is 9.72 Å². The van der Waals surface area contributed by atoms with E-state index >= 15 is 0 Å². The smallest absolute Gasteiger partial charge is 0.242 e. The van der Waals surface area contributed by atoms with Crippen molar-refractivity contribution in [2.45, 2.75) is 33.6 Å². The molecule has 6 nitrogen and oxygen atoms in total. The normalized spacial score (nSPS) is 11.1. The molecule has 0 bridgehead atoms. The summed E-state index contributed by atoms with van der Waals surface area (Å²) in [5.74, 6) is 0.639. The minimum atomic E-state index is 0.0717. The highest BCUT2D eigenvalue weighted by molar-refractivity contribution is 9.10. The zero-order chi connectivity index (χ0) is 20.6. The summed E-state index contributed by atoms with van der Waals surface area (Å²) >= 11 is 3.47. The predicted octanol–water partition coefficient (Wildman–Crippen LogP) is 4.26. The van der Waals surface area contributed by atoms with Gasteiger partial charge in [-0.2, -0.15) is 0 Å². The van der Waals surface area contributed by atoms with Crippen molar-refractivity contribution in [1.82, 2.24) is 14.8 Å². The number of aryl methyl sites for hydroxylation is 4. The lowest BCUT2D eigenvalue weighted by atomic mass is 10.00. The maximum absolute atomic E-state index is 12.8. The molecule has 0 aliphatic heterocycles. The van der Waals surface area contributed by atoms with Gasteiger partial charge in [0.25, 0.3) is 0 Å². The number of fused-ring (bicyclic) bond motifs is 1. The van der Waals surface area contributed by atoms with Gasteiger partial charge < -0.3 is 9.64 Å². The molecule has 3 rings (SSSR count). The number of carbonyl (C=O) groups excluding carboxylic acids is 1. The summed E-state index contributed by atoms with van der Waals surface area (Å²) in [6.07, 6.45) is 1.03. The second-order valence-corrected chi connectivity index (χ2v) is 7.93. The van der Waals surface area contributed by atoms with E-state index in [1.54, 1.807) is 16.7 Å². The Morgan fingerprint density at radius 2 is 2.00 bits per heavy atom. The lowest BCUT2D eigenvalue weighted by Crippen LogP contribution is -2.27. The first-order valence-electron chi connectivity index (χ1n) is 9.14. The van der Waals surface area contributed by atoms with Crippen molar-refractivity contribution in [1.29, 1.82) is 0 Å². The molecule has 0 radical (unpaired) electrons. The van der Waals surface area contributed by atoms with Crippen LogP contribution in [0.3, 0.4) is 0 Å². The number of hydrogen-bond acceptors (Lipinski definition) is 4. The maximum Gasteiger partial charge on any atom is 0.242 e. The Morgan fingerprint density at radius 1 is 1.29 bits per heavy atom. The van der Waals surface area contributed by atoms with Gasteiger partial charge in [-0.25, -0.2) is 9.67 Å². The van der Waals surface area contributed by atoms with Crippen molar-refractivity contribution in [3.05, 3.63) is 45.1 Å². The average Bonchev–Trinajstić information content (AvgIpc) is 2.96. The first-order valence-corrected chi connectivity index (χ1v) is 9.93. The van der Waals surface area contributed by atoms with Crippen molar-refractivity contribution in [2.75, 3.05) is 19.1 Å². The lowest BCUT2D eigenvalue weighted by molar-refractivity contribution is -0.118. The molecule has 0 aliphatic rings. The third-order valence-corrected chi connectivity index (χ3v) is 5.69. The molecular weight excluding hydrogens is 420 g/mol. The highest BCUT2D eigenvalue weighted by Crippen LogP contribution is 2.31. The predicted molar refractivity (Wildman–Crippen MR) is 115 cm³/mol. The van der Waals surface area contributed by atoms with Crippen LogP contribution in [0.5, 0.6) is 5.88 Å². The molecule has 0 aliphatic carbocycles. The van der Waals surface area contributed by atoms with E-state index in [0.717, 1.165) is 43.6 Å². The highest BCUT2D eigenvalue weighted by Gasteiger charge is 2.20. The molecule has 3 aromatic rings. The van der Waals surface area contributed by atoms with Crippen LogP contribution in [-0.2, 0) is 18.3 Å². The fourth-order valence-electron chi connectivity index (χ4n) is 3.64. The van der Waals surface area contributed by atoms with Gasteiger partial charge in [-0.1, -0.05) is 15.9 Å². The molecule has 1 aromatic carbocycles.